The highest BCUT2D eigenvalue weighted by Crippen LogP contribution is 2.33. The summed E-state index contributed by atoms with van der Waals surface area (Å²) in [7, 11) is -0.977. The van der Waals surface area contributed by atoms with Gasteiger partial charge in [-0.1, -0.05) is 50.2 Å². The van der Waals surface area contributed by atoms with Gasteiger partial charge in [-0.05, 0) is 23.3 Å². The fraction of sp³-hybridized carbons (Fsp3) is 0.304. The van der Waals surface area contributed by atoms with Crippen molar-refractivity contribution in [3.63, 3.8) is 0 Å². The Morgan fingerprint density at radius 2 is 1.77 bits per heavy atom. The molecule has 0 saturated carbocycles. The van der Waals surface area contributed by atoms with Gasteiger partial charge in [0.1, 0.15) is 5.01 Å². The van der Waals surface area contributed by atoms with Gasteiger partial charge < -0.3 is 5.11 Å². The van der Waals surface area contributed by atoms with Crippen LogP contribution in [0, 0.1) is 5.92 Å². The van der Waals surface area contributed by atoms with Gasteiger partial charge in [0.2, 0.25) is 0 Å². The Bertz CT molecular complexity index is 1050. The number of benzene rings is 2. The van der Waals surface area contributed by atoms with Gasteiger partial charge in [-0.3, -0.25) is 13.9 Å². The molecule has 0 aliphatic carbocycles. The lowest BCUT2D eigenvalue weighted by molar-refractivity contribution is -0.147. The Hall–Kier alpha value is -2.35. The maximum Gasteiger partial charge on any atom is 0.309 e. The Morgan fingerprint density at radius 3 is 2.37 bits per heavy atom. The minimum Gasteiger partial charge on any atom is -0.481 e. The lowest BCUT2D eigenvalue weighted by Crippen LogP contribution is -2.49. The Kier molecular flexibility index (Phi) is 6.13. The van der Waals surface area contributed by atoms with E-state index in [0.29, 0.717) is 13.1 Å². The highest BCUT2D eigenvalue weighted by atomic mass is 32.2. The quantitative estimate of drug-likeness (QED) is 0.585. The molecular formula is C23H24N2O3S2. The van der Waals surface area contributed by atoms with E-state index in [0.717, 1.165) is 32.5 Å². The number of aromatic nitrogens is 1. The summed E-state index contributed by atoms with van der Waals surface area (Å²) in [6.45, 7) is 5.94. The molecule has 1 aliphatic rings. The predicted molar refractivity (Wildman–Crippen MR) is 121 cm³/mol. The number of thiazole rings is 1. The monoisotopic (exact) mass is 440 g/mol. The van der Waals surface area contributed by atoms with E-state index in [4.69, 9.17) is 5.11 Å². The average molecular weight is 441 g/mol. The highest BCUT2D eigenvalue weighted by Gasteiger charge is 2.32. The van der Waals surface area contributed by atoms with Gasteiger partial charge in [0.05, 0.1) is 21.6 Å². The molecule has 1 aliphatic heterocycles. The third-order valence-corrected chi connectivity index (χ3v) is 7.91. The van der Waals surface area contributed by atoms with Crippen LogP contribution in [-0.2, 0) is 22.1 Å². The topological polar surface area (TPSA) is 70.5 Å². The molecule has 2 aromatic carbocycles. The summed E-state index contributed by atoms with van der Waals surface area (Å²) in [5.41, 5.74) is 3.32. The number of aliphatic carboxylic acids is 1. The van der Waals surface area contributed by atoms with Gasteiger partial charge in [0.15, 0.2) is 0 Å². The van der Waals surface area contributed by atoms with Crippen LogP contribution in [0.25, 0.3) is 21.0 Å². The Balaban J connectivity index is 1.41. The Morgan fingerprint density at radius 1 is 1.13 bits per heavy atom. The number of likely N-dealkylation sites (tertiary alicyclic amines) is 1. The van der Waals surface area contributed by atoms with Gasteiger partial charge in [-0.15, -0.1) is 11.3 Å². The molecule has 3 aromatic rings. The number of carbonyl (C=O) groups is 1. The summed E-state index contributed by atoms with van der Waals surface area (Å²) in [5.74, 6) is -0.929. The third-order valence-electron chi connectivity index (χ3n) is 5.22. The minimum absolute atomic E-state index is 0.105. The molecule has 5 nitrogen and oxygen atoms in total. The van der Waals surface area contributed by atoms with E-state index in [1.165, 1.54) is 5.56 Å². The number of carboxylic acid groups (broad SMARTS) is 1. The molecule has 0 spiro atoms. The summed E-state index contributed by atoms with van der Waals surface area (Å²) >= 11 is 1.64. The fourth-order valence-corrected chi connectivity index (χ4v) is 5.31. The van der Waals surface area contributed by atoms with Crippen molar-refractivity contribution >= 4 is 28.1 Å². The number of hydrogen-bond donors (Lipinski definition) is 1. The molecular weight excluding hydrogens is 416 g/mol. The number of hydrogen-bond acceptors (Lipinski definition) is 5. The van der Waals surface area contributed by atoms with Gasteiger partial charge in [-0.2, -0.15) is 0 Å². The first-order valence-corrected chi connectivity index (χ1v) is 11.9. The van der Waals surface area contributed by atoms with Crippen LogP contribution in [0.2, 0.25) is 0 Å². The maximum atomic E-state index is 12.2. The fourth-order valence-electron chi connectivity index (χ4n) is 3.43. The molecule has 0 radical (unpaired) electrons. The van der Waals surface area contributed by atoms with Crippen LogP contribution >= 0.6 is 11.3 Å². The average Bonchev–Trinajstić information content (AvgIpc) is 3.20. The lowest BCUT2D eigenvalue weighted by atomic mass is 9.99. The van der Waals surface area contributed by atoms with Gasteiger partial charge >= 0.3 is 5.97 Å². The zero-order valence-corrected chi connectivity index (χ0v) is 18.6. The van der Waals surface area contributed by atoms with Crippen molar-refractivity contribution in [2.45, 2.75) is 30.5 Å². The normalized spacial score (nSPS) is 15.8. The van der Waals surface area contributed by atoms with Crippen LogP contribution in [0.4, 0.5) is 0 Å². The molecule has 1 unspecified atom stereocenters. The molecule has 0 bridgehead atoms. The summed E-state index contributed by atoms with van der Waals surface area (Å²) in [6.07, 6.45) is 1.88. The molecule has 2 heterocycles. The summed E-state index contributed by atoms with van der Waals surface area (Å²) < 4.78 is 12.2. The number of carboxylic acids is 1. The van der Waals surface area contributed by atoms with E-state index < -0.39 is 16.8 Å². The molecule has 4 rings (SSSR count). The summed E-state index contributed by atoms with van der Waals surface area (Å²) in [4.78, 5) is 19.6. The molecule has 1 fully saturated rings. The van der Waals surface area contributed by atoms with Crippen molar-refractivity contribution in [3.8, 4) is 21.0 Å². The van der Waals surface area contributed by atoms with E-state index in [2.05, 4.69) is 34.1 Å². The summed E-state index contributed by atoms with van der Waals surface area (Å²) in [6, 6.07) is 16.2. The van der Waals surface area contributed by atoms with E-state index in [-0.39, 0.29) is 11.2 Å². The van der Waals surface area contributed by atoms with Crippen molar-refractivity contribution in [3.05, 3.63) is 60.3 Å². The van der Waals surface area contributed by atoms with Crippen LogP contribution in [0.5, 0.6) is 0 Å². The molecule has 1 N–H and O–H groups in total. The molecule has 30 heavy (non-hydrogen) atoms. The molecule has 1 atom stereocenters. The molecule has 1 saturated heterocycles. The second-order valence-electron chi connectivity index (χ2n) is 7.83. The van der Waals surface area contributed by atoms with Crippen LogP contribution in [0.3, 0.4) is 0 Å². The smallest absolute Gasteiger partial charge is 0.309 e. The first kappa shape index (κ1) is 20.9. The molecule has 7 heteroatoms. The van der Waals surface area contributed by atoms with Crippen molar-refractivity contribution in [2.75, 3.05) is 13.1 Å². The number of rotatable bonds is 7. The van der Waals surface area contributed by atoms with Crippen molar-refractivity contribution in [2.24, 2.45) is 5.92 Å². The molecule has 156 valence electrons. The van der Waals surface area contributed by atoms with Crippen LogP contribution in [0.15, 0.2) is 59.6 Å². The predicted octanol–water partition coefficient (Wildman–Crippen LogP) is 4.51. The SMILES string of the molecule is CC(C)S(=O)c1ccc(-c2cnc(-c3ccc(CN4CC(C(=O)O)C4)cc3)s2)cc1. The Labute approximate surface area is 182 Å². The standard InChI is InChI=1S/C23H24N2O3S2/c1-15(2)30(28)20-9-7-17(8-10-20)21-11-24-22(29-21)18-5-3-16(4-6-18)12-25-13-19(14-25)23(26)27/h3-11,15,19H,12-14H2,1-2H3,(H,26,27). The number of nitrogens with zero attached hydrogens (tertiary/aromatic N) is 2. The van der Waals surface area contributed by atoms with Crippen molar-refractivity contribution < 1.29 is 14.1 Å². The van der Waals surface area contributed by atoms with E-state index >= 15 is 0 Å². The van der Waals surface area contributed by atoms with Crippen LogP contribution < -0.4 is 0 Å². The third kappa shape index (κ3) is 4.53. The van der Waals surface area contributed by atoms with Gasteiger partial charge in [0, 0.05) is 41.5 Å². The van der Waals surface area contributed by atoms with Crippen LogP contribution in [0.1, 0.15) is 19.4 Å². The van der Waals surface area contributed by atoms with Gasteiger partial charge in [0.25, 0.3) is 0 Å². The second-order valence-corrected chi connectivity index (χ2v) is 10.9. The van der Waals surface area contributed by atoms with E-state index in [1.54, 1.807) is 11.3 Å². The van der Waals surface area contributed by atoms with Crippen molar-refractivity contribution in [1.82, 2.24) is 9.88 Å². The largest absolute Gasteiger partial charge is 0.481 e. The van der Waals surface area contributed by atoms with E-state index in [1.807, 2.05) is 44.3 Å². The first-order valence-electron chi connectivity index (χ1n) is 9.92. The second kappa shape index (κ2) is 8.79. The van der Waals surface area contributed by atoms with Crippen LogP contribution in [-0.4, -0.2) is 43.5 Å². The molecule has 1 aromatic heterocycles. The van der Waals surface area contributed by atoms with E-state index in [9.17, 15) is 9.00 Å². The minimum atomic E-state index is -0.977. The zero-order valence-electron chi connectivity index (χ0n) is 16.9. The highest BCUT2D eigenvalue weighted by molar-refractivity contribution is 7.85. The zero-order chi connectivity index (χ0) is 21.3. The molecule has 0 amide bonds. The lowest BCUT2D eigenvalue weighted by Gasteiger charge is -2.36. The van der Waals surface area contributed by atoms with Gasteiger partial charge in [-0.25, -0.2) is 4.98 Å². The van der Waals surface area contributed by atoms with Crippen molar-refractivity contribution in [1.29, 1.82) is 0 Å². The maximum absolute atomic E-state index is 12.2. The summed E-state index contributed by atoms with van der Waals surface area (Å²) in [5, 5.41) is 10.0. The first-order chi connectivity index (χ1) is 14.4.